The molecule has 0 bridgehead atoms. The predicted octanol–water partition coefficient (Wildman–Crippen LogP) is 6.39. The highest BCUT2D eigenvalue weighted by molar-refractivity contribution is 6.07. The number of alkyl halides is 6. The summed E-state index contributed by atoms with van der Waals surface area (Å²) >= 11 is 0. The maximum Gasteiger partial charge on any atom is 0.573 e. The number of halogens is 7. The van der Waals surface area contributed by atoms with Crippen LogP contribution in [0.5, 0.6) is 23.0 Å². The highest BCUT2D eigenvalue weighted by Gasteiger charge is 2.38. The quantitative estimate of drug-likeness (QED) is 0.280. The number of benzene rings is 2. The minimum Gasteiger partial charge on any atom is -0.493 e. The molecule has 0 aliphatic heterocycles. The molecule has 0 fully saturated rings. The van der Waals surface area contributed by atoms with Crippen molar-refractivity contribution in [3.05, 3.63) is 71.3 Å². The van der Waals surface area contributed by atoms with Gasteiger partial charge in [-0.15, -0.1) is 13.2 Å². The van der Waals surface area contributed by atoms with Crippen LogP contribution in [0.2, 0.25) is 0 Å². The Morgan fingerprint density at radius 1 is 0.919 bits per heavy atom. The van der Waals surface area contributed by atoms with Gasteiger partial charge in [0.1, 0.15) is 17.1 Å². The zero-order valence-corrected chi connectivity index (χ0v) is 18.8. The van der Waals surface area contributed by atoms with Crippen LogP contribution in [0.3, 0.4) is 0 Å². The van der Waals surface area contributed by atoms with Crippen LogP contribution in [0.4, 0.5) is 36.4 Å². The fourth-order valence-corrected chi connectivity index (χ4v) is 3.02. The average molecular weight is 532 g/mol. The zero-order valence-electron chi connectivity index (χ0n) is 18.8. The van der Waals surface area contributed by atoms with E-state index in [2.05, 4.69) is 15.0 Å². The smallest absolute Gasteiger partial charge is 0.493 e. The molecule has 0 unspecified atom stereocenters. The van der Waals surface area contributed by atoms with E-state index < -0.39 is 52.7 Å². The van der Waals surface area contributed by atoms with Gasteiger partial charge in [-0.05, 0) is 37.3 Å². The maximum absolute atomic E-state index is 15.0. The lowest BCUT2D eigenvalue weighted by Gasteiger charge is -2.18. The third-order valence-corrected chi connectivity index (χ3v) is 4.63. The first-order valence-corrected chi connectivity index (χ1v) is 9.98. The molecule has 0 saturated heterocycles. The van der Waals surface area contributed by atoms with Crippen molar-refractivity contribution in [3.63, 3.8) is 0 Å². The lowest BCUT2D eigenvalue weighted by atomic mass is 10.1. The fourth-order valence-electron chi connectivity index (χ4n) is 3.02. The van der Waals surface area contributed by atoms with Crippen LogP contribution >= 0.6 is 0 Å². The molecule has 0 saturated carbocycles. The van der Waals surface area contributed by atoms with E-state index in [0.29, 0.717) is 12.1 Å². The fraction of sp³-hybridized carbons (Fsp3) is 0.174. The Morgan fingerprint density at radius 3 is 2.19 bits per heavy atom. The Morgan fingerprint density at radius 2 is 1.59 bits per heavy atom. The molecule has 1 N–H and O–H groups in total. The van der Waals surface area contributed by atoms with E-state index >= 15 is 4.39 Å². The van der Waals surface area contributed by atoms with E-state index in [4.69, 9.17) is 9.47 Å². The first-order valence-electron chi connectivity index (χ1n) is 9.98. The SMILES string of the molecule is COc1cc(OC(F)(F)F)ccc1Oc1ccc(C(F)(F)F)c(F)c1C(=O)Nc1cncc(C(C)=O)c1. The monoisotopic (exact) mass is 532 g/mol. The number of Topliss-reactive ketones (excluding diaryl/α,β-unsaturated/α-hetero) is 1. The van der Waals surface area contributed by atoms with Gasteiger partial charge < -0.3 is 19.5 Å². The third-order valence-electron chi connectivity index (χ3n) is 4.63. The number of carbonyl (C=O) groups is 2. The molecule has 0 radical (unpaired) electrons. The molecular weight excluding hydrogens is 517 g/mol. The van der Waals surface area contributed by atoms with Gasteiger partial charge in [0, 0.05) is 17.8 Å². The average Bonchev–Trinajstić information content (AvgIpc) is 2.78. The molecule has 7 nitrogen and oxygen atoms in total. The summed E-state index contributed by atoms with van der Waals surface area (Å²) in [5.74, 6) is -5.96. The van der Waals surface area contributed by atoms with Gasteiger partial charge in [0.15, 0.2) is 23.1 Å². The summed E-state index contributed by atoms with van der Waals surface area (Å²) in [5.41, 5.74) is -3.03. The molecule has 0 aliphatic rings. The molecule has 0 aliphatic carbocycles. The van der Waals surface area contributed by atoms with Crippen molar-refractivity contribution in [3.8, 4) is 23.0 Å². The molecule has 1 aromatic heterocycles. The van der Waals surface area contributed by atoms with Crippen molar-refractivity contribution < 1.29 is 54.5 Å². The van der Waals surface area contributed by atoms with Gasteiger partial charge >= 0.3 is 12.5 Å². The summed E-state index contributed by atoms with van der Waals surface area (Å²) in [5, 5.41) is 2.15. The van der Waals surface area contributed by atoms with Crippen molar-refractivity contribution in [1.82, 2.24) is 4.98 Å². The van der Waals surface area contributed by atoms with Crippen LogP contribution in [0.25, 0.3) is 0 Å². The van der Waals surface area contributed by atoms with Gasteiger partial charge in [-0.1, -0.05) is 0 Å². The number of nitrogens with one attached hydrogen (secondary N) is 1. The Bertz CT molecular complexity index is 1340. The second-order valence-corrected chi connectivity index (χ2v) is 7.23. The molecule has 37 heavy (non-hydrogen) atoms. The number of hydrogen-bond donors (Lipinski definition) is 1. The minimum absolute atomic E-state index is 0.0599. The number of rotatable bonds is 7. The number of methoxy groups -OCH3 is 1. The van der Waals surface area contributed by atoms with Crippen molar-refractivity contribution in [2.24, 2.45) is 0 Å². The molecule has 196 valence electrons. The van der Waals surface area contributed by atoms with E-state index in [-0.39, 0.29) is 22.7 Å². The molecule has 3 rings (SSSR count). The highest BCUT2D eigenvalue weighted by atomic mass is 19.4. The van der Waals surface area contributed by atoms with E-state index in [1.165, 1.54) is 19.2 Å². The van der Waals surface area contributed by atoms with Crippen LogP contribution in [-0.2, 0) is 6.18 Å². The lowest BCUT2D eigenvalue weighted by molar-refractivity contribution is -0.274. The number of hydrogen-bond acceptors (Lipinski definition) is 6. The molecular formula is C23H15F7N2O5. The van der Waals surface area contributed by atoms with Gasteiger partial charge in [-0.2, -0.15) is 13.2 Å². The van der Waals surface area contributed by atoms with Crippen LogP contribution in [0.15, 0.2) is 48.8 Å². The number of amides is 1. The van der Waals surface area contributed by atoms with E-state index in [1.54, 1.807) is 0 Å². The van der Waals surface area contributed by atoms with Crippen molar-refractivity contribution in [2.75, 3.05) is 12.4 Å². The van der Waals surface area contributed by atoms with Gasteiger partial charge in [0.25, 0.3) is 5.91 Å². The highest BCUT2D eigenvalue weighted by Crippen LogP contribution is 2.40. The second-order valence-electron chi connectivity index (χ2n) is 7.23. The predicted molar refractivity (Wildman–Crippen MR) is 113 cm³/mol. The minimum atomic E-state index is -5.18. The number of carbonyl (C=O) groups excluding carboxylic acids is 2. The molecule has 3 aromatic rings. The third kappa shape index (κ3) is 6.65. The van der Waals surface area contributed by atoms with Crippen molar-refractivity contribution >= 4 is 17.4 Å². The van der Waals surface area contributed by atoms with Crippen molar-refractivity contribution in [1.29, 1.82) is 0 Å². The second kappa shape index (κ2) is 10.3. The van der Waals surface area contributed by atoms with Crippen LogP contribution < -0.4 is 19.5 Å². The van der Waals surface area contributed by atoms with E-state index in [1.807, 2.05) is 0 Å². The molecule has 14 heteroatoms. The molecule has 1 amide bonds. The van der Waals surface area contributed by atoms with Crippen LogP contribution in [-0.4, -0.2) is 30.1 Å². The Hall–Kier alpha value is -4.36. The number of nitrogens with zero attached hydrogens (tertiary/aromatic N) is 1. The first kappa shape index (κ1) is 27.2. The van der Waals surface area contributed by atoms with Gasteiger partial charge in [-0.25, -0.2) is 4.39 Å². The molecule has 1 heterocycles. The van der Waals surface area contributed by atoms with Crippen LogP contribution in [0.1, 0.15) is 33.2 Å². The standard InChI is InChI=1S/C23H15F7N2O5/c1-11(33)12-7-13(10-31-9-12)32-21(34)19-17(6-4-15(20(19)24)22(25,26)27)36-16-5-3-14(8-18(16)35-2)37-23(28,29)30/h3-10H,1-2H3,(H,32,34). The first-order chi connectivity index (χ1) is 17.2. The molecule has 0 spiro atoms. The largest absolute Gasteiger partial charge is 0.573 e. The summed E-state index contributed by atoms with van der Waals surface area (Å²) in [4.78, 5) is 28.2. The van der Waals surface area contributed by atoms with Gasteiger partial charge in [0.2, 0.25) is 0 Å². The van der Waals surface area contributed by atoms with Gasteiger partial charge in [-0.3, -0.25) is 14.6 Å². The zero-order chi connectivity index (χ0) is 27.5. The summed E-state index contributed by atoms with van der Waals surface area (Å²) in [6.07, 6.45) is -7.96. The summed E-state index contributed by atoms with van der Waals surface area (Å²) in [7, 11) is 1.05. The number of aromatic nitrogens is 1. The van der Waals surface area contributed by atoms with E-state index in [0.717, 1.165) is 31.5 Å². The summed E-state index contributed by atoms with van der Waals surface area (Å²) in [6, 6.07) is 4.64. The topological polar surface area (TPSA) is 86.8 Å². The Kier molecular flexibility index (Phi) is 7.60. The molecule has 0 atom stereocenters. The van der Waals surface area contributed by atoms with Gasteiger partial charge in [0.05, 0.1) is 24.6 Å². The Labute approximate surface area is 203 Å². The number of anilines is 1. The summed E-state index contributed by atoms with van der Waals surface area (Å²) in [6.45, 7) is 1.21. The van der Waals surface area contributed by atoms with E-state index in [9.17, 15) is 35.9 Å². The normalized spacial score (nSPS) is 11.6. The number of ether oxygens (including phenoxy) is 3. The van der Waals surface area contributed by atoms with Crippen molar-refractivity contribution in [2.45, 2.75) is 19.5 Å². The van der Waals surface area contributed by atoms with Crippen LogP contribution in [0, 0.1) is 5.82 Å². The number of pyridine rings is 1. The maximum atomic E-state index is 15.0. The summed E-state index contributed by atoms with van der Waals surface area (Å²) < 4.78 is 107. The lowest BCUT2D eigenvalue weighted by Crippen LogP contribution is -2.19. The molecule has 2 aromatic carbocycles. The Balaban J connectivity index is 2.05. The number of ketones is 1.